The van der Waals surface area contributed by atoms with E-state index in [9.17, 15) is 9.90 Å². The van der Waals surface area contributed by atoms with E-state index in [1.54, 1.807) is 20.8 Å². The van der Waals surface area contributed by atoms with Crippen LogP contribution in [0.5, 0.6) is 5.75 Å². The quantitative estimate of drug-likeness (QED) is 0.277. The standard InChI is InChI=1S/C12H17N3O3/c1-7-6-8(16)4-5-9(7)10(17)14-12(2,3)11(13)15-18/h4-6,16,18H,1-3H3,(H2,13,15)(H,14,17). The molecule has 0 heterocycles. The predicted molar refractivity (Wildman–Crippen MR) is 67.8 cm³/mol. The predicted octanol–water partition coefficient (Wildman–Crippen LogP) is 0.955. The molecule has 1 rings (SSSR count). The highest BCUT2D eigenvalue weighted by molar-refractivity contribution is 6.00. The van der Waals surface area contributed by atoms with Crippen LogP contribution < -0.4 is 11.1 Å². The molecule has 0 radical (unpaired) electrons. The lowest BCUT2D eigenvalue weighted by Gasteiger charge is -2.24. The van der Waals surface area contributed by atoms with Crippen LogP contribution in [0.15, 0.2) is 23.4 Å². The summed E-state index contributed by atoms with van der Waals surface area (Å²) in [5, 5.41) is 23.4. The average Bonchev–Trinajstić information content (AvgIpc) is 2.26. The number of phenolic OH excluding ortho intramolecular Hbond substituents is 1. The van der Waals surface area contributed by atoms with E-state index in [1.807, 2.05) is 0 Å². The Kier molecular flexibility index (Phi) is 3.80. The molecule has 1 amide bonds. The van der Waals surface area contributed by atoms with Gasteiger partial charge in [-0.25, -0.2) is 0 Å². The van der Waals surface area contributed by atoms with Crippen LogP contribution in [-0.4, -0.2) is 27.6 Å². The minimum absolute atomic E-state index is 0.0905. The molecule has 0 spiro atoms. The molecule has 98 valence electrons. The van der Waals surface area contributed by atoms with E-state index >= 15 is 0 Å². The summed E-state index contributed by atoms with van der Waals surface area (Å²) in [6.45, 7) is 4.95. The first kappa shape index (κ1) is 13.8. The molecule has 0 saturated carbocycles. The molecule has 1 aromatic rings. The highest BCUT2D eigenvalue weighted by atomic mass is 16.4. The van der Waals surface area contributed by atoms with Crippen LogP contribution in [0.25, 0.3) is 0 Å². The summed E-state index contributed by atoms with van der Waals surface area (Å²) in [7, 11) is 0. The van der Waals surface area contributed by atoms with Gasteiger partial charge in [0.15, 0.2) is 5.84 Å². The molecule has 0 aromatic heterocycles. The van der Waals surface area contributed by atoms with Gasteiger partial charge in [0, 0.05) is 5.56 Å². The maximum absolute atomic E-state index is 12.0. The van der Waals surface area contributed by atoms with Gasteiger partial charge in [-0.3, -0.25) is 4.79 Å². The van der Waals surface area contributed by atoms with Crippen molar-refractivity contribution in [1.29, 1.82) is 0 Å². The zero-order chi connectivity index (χ0) is 13.9. The van der Waals surface area contributed by atoms with E-state index in [0.29, 0.717) is 11.1 Å². The van der Waals surface area contributed by atoms with Crippen molar-refractivity contribution < 1.29 is 15.1 Å². The summed E-state index contributed by atoms with van der Waals surface area (Å²) in [4.78, 5) is 12.0. The van der Waals surface area contributed by atoms with Gasteiger partial charge < -0.3 is 21.4 Å². The molecule has 0 aliphatic rings. The highest BCUT2D eigenvalue weighted by Gasteiger charge is 2.26. The van der Waals surface area contributed by atoms with Crippen molar-refractivity contribution in [3.8, 4) is 5.75 Å². The Balaban J connectivity index is 2.96. The SMILES string of the molecule is Cc1cc(O)ccc1C(=O)NC(C)(C)/C(N)=N/O. The van der Waals surface area contributed by atoms with Gasteiger partial charge in [0.25, 0.3) is 5.91 Å². The fourth-order valence-electron chi connectivity index (χ4n) is 1.44. The zero-order valence-corrected chi connectivity index (χ0v) is 10.6. The topological polar surface area (TPSA) is 108 Å². The third kappa shape index (κ3) is 2.91. The number of phenols is 1. The number of amidine groups is 1. The first-order valence-corrected chi connectivity index (χ1v) is 5.38. The van der Waals surface area contributed by atoms with E-state index in [2.05, 4.69) is 10.5 Å². The number of aryl methyl sites for hydroxylation is 1. The number of amides is 1. The number of rotatable bonds is 3. The number of hydrogen-bond acceptors (Lipinski definition) is 4. The maximum atomic E-state index is 12.0. The van der Waals surface area contributed by atoms with Crippen molar-refractivity contribution in [2.24, 2.45) is 10.9 Å². The van der Waals surface area contributed by atoms with E-state index in [1.165, 1.54) is 18.2 Å². The Hall–Kier alpha value is -2.24. The van der Waals surface area contributed by atoms with Crippen molar-refractivity contribution >= 4 is 11.7 Å². The summed E-state index contributed by atoms with van der Waals surface area (Å²) in [6, 6.07) is 4.44. The second-order valence-corrected chi connectivity index (χ2v) is 4.56. The fourth-order valence-corrected chi connectivity index (χ4v) is 1.44. The van der Waals surface area contributed by atoms with Crippen molar-refractivity contribution in [1.82, 2.24) is 5.32 Å². The molecule has 6 heteroatoms. The Morgan fingerprint density at radius 2 is 2.06 bits per heavy atom. The maximum Gasteiger partial charge on any atom is 0.252 e. The second kappa shape index (κ2) is 4.95. The van der Waals surface area contributed by atoms with E-state index in [0.717, 1.165) is 0 Å². The number of carbonyl (C=O) groups is 1. The number of nitrogens with zero attached hydrogens (tertiary/aromatic N) is 1. The minimum Gasteiger partial charge on any atom is -0.508 e. The van der Waals surface area contributed by atoms with Crippen molar-refractivity contribution in [2.75, 3.05) is 0 Å². The number of carbonyl (C=O) groups excluding carboxylic acids is 1. The van der Waals surface area contributed by atoms with Crippen molar-refractivity contribution in [2.45, 2.75) is 26.3 Å². The van der Waals surface area contributed by atoms with Gasteiger partial charge in [0.1, 0.15) is 5.75 Å². The molecule has 0 aliphatic heterocycles. The molecule has 0 atom stereocenters. The van der Waals surface area contributed by atoms with Crippen LogP contribution in [-0.2, 0) is 0 Å². The normalized spacial score (nSPS) is 12.3. The van der Waals surface area contributed by atoms with Crippen LogP contribution >= 0.6 is 0 Å². The van der Waals surface area contributed by atoms with Crippen molar-refractivity contribution in [3.63, 3.8) is 0 Å². The summed E-state index contributed by atoms with van der Waals surface area (Å²) in [5.74, 6) is -0.351. The van der Waals surface area contributed by atoms with Crippen LogP contribution in [0.1, 0.15) is 29.8 Å². The molecule has 0 bridgehead atoms. The Morgan fingerprint density at radius 1 is 1.44 bits per heavy atom. The Morgan fingerprint density at radius 3 is 2.56 bits per heavy atom. The number of aromatic hydroxyl groups is 1. The molecular weight excluding hydrogens is 234 g/mol. The first-order valence-electron chi connectivity index (χ1n) is 5.38. The van der Waals surface area contributed by atoms with Gasteiger partial charge in [0.2, 0.25) is 0 Å². The van der Waals surface area contributed by atoms with Crippen molar-refractivity contribution in [3.05, 3.63) is 29.3 Å². The number of oxime groups is 1. The molecule has 1 aromatic carbocycles. The molecule has 5 N–H and O–H groups in total. The number of nitrogens with two attached hydrogens (primary N) is 1. The molecule has 0 saturated heterocycles. The van der Waals surface area contributed by atoms with Gasteiger partial charge in [-0.1, -0.05) is 5.16 Å². The van der Waals surface area contributed by atoms with Gasteiger partial charge in [-0.05, 0) is 44.5 Å². The summed E-state index contributed by atoms with van der Waals surface area (Å²) >= 11 is 0. The van der Waals surface area contributed by atoms with Crippen LogP contribution in [0.4, 0.5) is 0 Å². The third-order valence-corrected chi connectivity index (χ3v) is 2.63. The highest BCUT2D eigenvalue weighted by Crippen LogP contribution is 2.16. The minimum atomic E-state index is -0.962. The molecule has 0 aliphatic carbocycles. The summed E-state index contributed by atoms with van der Waals surface area (Å²) < 4.78 is 0. The second-order valence-electron chi connectivity index (χ2n) is 4.56. The molecule has 0 fully saturated rings. The van der Waals surface area contributed by atoms with Gasteiger partial charge >= 0.3 is 0 Å². The Labute approximate surface area is 105 Å². The molecule has 0 unspecified atom stereocenters. The summed E-state index contributed by atoms with van der Waals surface area (Å²) in [5.41, 5.74) is 5.59. The average molecular weight is 251 g/mol. The fraction of sp³-hybridized carbons (Fsp3) is 0.333. The largest absolute Gasteiger partial charge is 0.508 e. The van der Waals surface area contributed by atoms with Gasteiger partial charge in [-0.2, -0.15) is 0 Å². The monoisotopic (exact) mass is 251 g/mol. The Bertz CT molecular complexity index is 495. The number of hydrogen-bond donors (Lipinski definition) is 4. The van der Waals surface area contributed by atoms with E-state index < -0.39 is 5.54 Å². The molecule has 6 nitrogen and oxygen atoms in total. The lowest BCUT2D eigenvalue weighted by atomic mass is 10.0. The third-order valence-electron chi connectivity index (χ3n) is 2.63. The lowest BCUT2D eigenvalue weighted by Crippen LogP contribution is -2.53. The molecule has 18 heavy (non-hydrogen) atoms. The van der Waals surface area contributed by atoms with E-state index in [-0.39, 0.29) is 17.5 Å². The lowest BCUT2D eigenvalue weighted by molar-refractivity contribution is 0.0930. The van der Waals surface area contributed by atoms with Gasteiger partial charge in [-0.15, -0.1) is 0 Å². The number of benzene rings is 1. The first-order chi connectivity index (χ1) is 8.27. The van der Waals surface area contributed by atoms with Crippen LogP contribution in [0.2, 0.25) is 0 Å². The molecular formula is C12H17N3O3. The van der Waals surface area contributed by atoms with E-state index in [4.69, 9.17) is 10.9 Å². The zero-order valence-electron chi connectivity index (χ0n) is 10.6. The van der Waals surface area contributed by atoms with Crippen LogP contribution in [0, 0.1) is 6.92 Å². The van der Waals surface area contributed by atoms with Crippen LogP contribution in [0.3, 0.4) is 0 Å². The van der Waals surface area contributed by atoms with Gasteiger partial charge in [0.05, 0.1) is 5.54 Å². The smallest absolute Gasteiger partial charge is 0.252 e. The summed E-state index contributed by atoms with van der Waals surface area (Å²) in [6.07, 6.45) is 0. The number of nitrogens with one attached hydrogen (secondary N) is 1.